The number of para-hydroxylation sites is 1. The predicted molar refractivity (Wildman–Crippen MR) is 122 cm³/mol. The summed E-state index contributed by atoms with van der Waals surface area (Å²) >= 11 is 0. The highest BCUT2D eigenvalue weighted by Gasteiger charge is 2.36. The standard InChI is InChI=1S/C15H17O2P.C2H4O2.2C2H6.CH2O2/c1-4-9-15-12(5-2)13-10-7-8-11-14(13)17-18(15,16)6-3;1-2(3)4;2*1-2;2-1-3/h4-5,7-11H,1,6H2,2-3H3;1H3,(H,3,4);2*1-2H3;1H,(H,2,3)/b12-5-,15-9+;;;;. The van der Waals surface area contributed by atoms with E-state index in [4.69, 9.17) is 24.3 Å². The molecule has 0 radical (unpaired) electrons. The number of carboxylic acid groups (broad SMARTS) is 2. The molecule has 1 aliphatic heterocycles. The maximum absolute atomic E-state index is 12.9. The van der Waals surface area contributed by atoms with Gasteiger partial charge in [-0.3, -0.25) is 14.2 Å². The number of rotatable bonds is 2. The third kappa shape index (κ3) is 11.1. The van der Waals surface area contributed by atoms with Crippen molar-refractivity contribution in [3.05, 3.63) is 60.0 Å². The Morgan fingerprint density at radius 3 is 2.03 bits per heavy atom. The van der Waals surface area contributed by atoms with E-state index >= 15 is 0 Å². The van der Waals surface area contributed by atoms with Gasteiger partial charge in [0.05, 0.1) is 5.31 Å². The number of carboxylic acids is 1. The molecule has 7 heteroatoms. The molecule has 0 aromatic heterocycles. The fraction of sp³-hybridized carbons (Fsp3) is 0.364. The molecule has 0 aliphatic carbocycles. The quantitative estimate of drug-likeness (QED) is 0.403. The second-order valence-electron chi connectivity index (χ2n) is 4.69. The van der Waals surface area contributed by atoms with Gasteiger partial charge in [0.2, 0.25) is 0 Å². The van der Waals surface area contributed by atoms with E-state index in [9.17, 15) is 4.57 Å². The fourth-order valence-electron chi connectivity index (χ4n) is 2.15. The minimum atomic E-state index is -2.80. The van der Waals surface area contributed by atoms with Gasteiger partial charge in [-0.25, -0.2) is 0 Å². The molecule has 6 nitrogen and oxygen atoms in total. The zero-order chi connectivity index (χ0) is 23.5. The average molecular weight is 426 g/mol. The van der Waals surface area contributed by atoms with Crippen LogP contribution in [0.25, 0.3) is 5.57 Å². The molecule has 29 heavy (non-hydrogen) atoms. The molecule has 1 aliphatic rings. The van der Waals surface area contributed by atoms with E-state index in [1.807, 2.05) is 71.9 Å². The first-order valence-electron chi connectivity index (χ1n) is 9.46. The van der Waals surface area contributed by atoms with Crippen molar-refractivity contribution in [3.8, 4) is 5.75 Å². The number of aliphatic carboxylic acids is 1. The summed E-state index contributed by atoms with van der Waals surface area (Å²) in [4.78, 5) is 17.4. The highest BCUT2D eigenvalue weighted by Crippen LogP contribution is 2.63. The number of benzene rings is 1. The molecule has 0 amide bonds. The van der Waals surface area contributed by atoms with E-state index in [0.717, 1.165) is 23.4 Å². The molecule has 1 aromatic rings. The highest BCUT2D eigenvalue weighted by molar-refractivity contribution is 7.64. The van der Waals surface area contributed by atoms with Crippen LogP contribution in [0.3, 0.4) is 0 Å². The van der Waals surface area contributed by atoms with Crippen LogP contribution < -0.4 is 4.52 Å². The maximum Gasteiger partial charge on any atom is 0.300 e. The first-order chi connectivity index (χ1) is 13.8. The summed E-state index contributed by atoms with van der Waals surface area (Å²) in [7, 11) is -2.80. The molecule has 2 N–H and O–H groups in total. The van der Waals surface area contributed by atoms with Crippen LogP contribution >= 0.6 is 7.37 Å². The lowest BCUT2D eigenvalue weighted by atomic mass is 10.0. The summed E-state index contributed by atoms with van der Waals surface area (Å²) in [6.45, 7) is 16.4. The summed E-state index contributed by atoms with van der Waals surface area (Å²) in [6, 6.07) is 7.71. The monoisotopic (exact) mass is 426 g/mol. The largest absolute Gasteiger partial charge is 0.483 e. The highest BCUT2D eigenvalue weighted by atomic mass is 31.2. The molecule has 1 unspecified atom stereocenters. The number of fused-ring (bicyclic) bond motifs is 1. The Balaban J connectivity index is -0.000000520. The summed E-state index contributed by atoms with van der Waals surface area (Å²) in [5.74, 6) is -0.128. The lowest BCUT2D eigenvalue weighted by Crippen LogP contribution is -2.08. The van der Waals surface area contributed by atoms with Crippen LogP contribution in [0, 0.1) is 0 Å². The van der Waals surface area contributed by atoms with Gasteiger partial charge in [-0.15, -0.1) is 0 Å². The molecule has 0 fully saturated rings. The predicted octanol–water partition coefficient (Wildman–Crippen LogP) is 6.69. The third-order valence-corrected chi connectivity index (χ3v) is 5.50. The van der Waals surface area contributed by atoms with Crippen LogP contribution in [0.4, 0.5) is 0 Å². The Labute approximate surface area is 175 Å². The minimum Gasteiger partial charge on any atom is -0.483 e. The number of hydrogen-bond acceptors (Lipinski definition) is 4. The van der Waals surface area contributed by atoms with Crippen LogP contribution in [-0.2, 0) is 14.2 Å². The van der Waals surface area contributed by atoms with Crippen molar-refractivity contribution < 1.29 is 28.9 Å². The van der Waals surface area contributed by atoms with Crippen molar-refractivity contribution in [1.82, 2.24) is 0 Å². The number of allylic oxidation sites excluding steroid dienone is 5. The molecule has 164 valence electrons. The van der Waals surface area contributed by atoms with Gasteiger partial charge < -0.3 is 14.7 Å². The maximum atomic E-state index is 12.9. The summed E-state index contributed by atoms with van der Waals surface area (Å²) in [6.07, 6.45) is 5.94. The van der Waals surface area contributed by atoms with Crippen molar-refractivity contribution in [1.29, 1.82) is 0 Å². The van der Waals surface area contributed by atoms with Gasteiger partial charge in [0.1, 0.15) is 5.75 Å². The SMILES string of the molecule is C=C/C=C1\C(=C/C)c2ccccc2OP1(=O)CC.CC.CC.CC(=O)O.O=CO. The minimum absolute atomic E-state index is 0.250. The van der Waals surface area contributed by atoms with Gasteiger partial charge in [0.15, 0.2) is 0 Å². The van der Waals surface area contributed by atoms with E-state index < -0.39 is 13.3 Å². The Kier molecular flexibility index (Phi) is 20.1. The van der Waals surface area contributed by atoms with Crippen LogP contribution in [0.5, 0.6) is 5.75 Å². The van der Waals surface area contributed by atoms with Crippen molar-refractivity contribution in [2.75, 3.05) is 6.16 Å². The molecular formula is C22H35O6P. The van der Waals surface area contributed by atoms with Gasteiger partial charge in [0.25, 0.3) is 19.8 Å². The van der Waals surface area contributed by atoms with Crippen molar-refractivity contribution in [3.63, 3.8) is 0 Å². The third-order valence-electron chi connectivity index (χ3n) is 3.05. The van der Waals surface area contributed by atoms with Gasteiger partial charge in [-0.05, 0) is 24.6 Å². The van der Waals surface area contributed by atoms with E-state index in [1.54, 1.807) is 12.2 Å². The molecule has 0 bridgehead atoms. The van der Waals surface area contributed by atoms with Crippen molar-refractivity contribution in [2.24, 2.45) is 0 Å². The molecule has 0 saturated heterocycles. The van der Waals surface area contributed by atoms with Crippen LogP contribution in [-0.4, -0.2) is 28.8 Å². The lowest BCUT2D eigenvalue weighted by molar-refractivity contribution is -0.134. The van der Waals surface area contributed by atoms with Crippen LogP contribution in [0.1, 0.15) is 54.0 Å². The first kappa shape index (κ1) is 31.1. The lowest BCUT2D eigenvalue weighted by Gasteiger charge is -2.29. The number of carbonyl (C=O) groups is 2. The Hall–Kier alpha value is -2.59. The molecule has 1 aromatic carbocycles. The Morgan fingerprint density at radius 1 is 1.21 bits per heavy atom. The second-order valence-corrected chi connectivity index (χ2v) is 7.34. The second kappa shape index (κ2) is 18.8. The smallest absolute Gasteiger partial charge is 0.300 e. The van der Waals surface area contributed by atoms with E-state index in [2.05, 4.69) is 6.58 Å². The van der Waals surface area contributed by atoms with Gasteiger partial charge in [-0.2, -0.15) is 0 Å². The van der Waals surface area contributed by atoms with E-state index in [1.165, 1.54) is 0 Å². The summed E-state index contributed by atoms with van der Waals surface area (Å²) in [5, 5.41) is 15.1. The molecule has 2 rings (SSSR count). The van der Waals surface area contributed by atoms with Gasteiger partial charge in [0, 0.05) is 18.6 Å². The van der Waals surface area contributed by atoms with Gasteiger partial charge in [-0.1, -0.05) is 71.5 Å². The van der Waals surface area contributed by atoms with Crippen molar-refractivity contribution >= 4 is 25.4 Å². The molecular weight excluding hydrogens is 391 g/mol. The zero-order valence-electron chi connectivity index (χ0n) is 18.5. The molecule has 0 saturated carbocycles. The van der Waals surface area contributed by atoms with Crippen LogP contribution in [0.2, 0.25) is 0 Å². The summed E-state index contributed by atoms with van der Waals surface area (Å²) < 4.78 is 18.6. The molecule has 0 spiro atoms. The Morgan fingerprint density at radius 2 is 1.66 bits per heavy atom. The fourth-order valence-corrected chi connectivity index (χ4v) is 4.15. The average Bonchev–Trinajstić information content (AvgIpc) is 2.72. The number of hydrogen-bond donors (Lipinski definition) is 2. The van der Waals surface area contributed by atoms with Crippen molar-refractivity contribution in [2.45, 2.75) is 48.5 Å². The normalized spacial score (nSPS) is 18.3. The summed E-state index contributed by atoms with van der Waals surface area (Å²) in [5.41, 5.74) is 1.98. The molecule has 1 heterocycles. The topological polar surface area (TPSA) is 101 Å². The Bertz CT molecular complexity index is 716. The zero-order valence-corrected chi connectivity index (χ0v) is 19.4. The van der Waals surface area contributed by atoms with Crippen LogP contribution in [0.15, 0.2) is 54.4 Å². The molecule has 1 atom stereocenters. The van der Waals surface area contributed by atoms with E-state index in [-0.39, 0.29) is 6.47 Å². The first-order valence-corrected chi connectivity index (χ1v) is 11.3. The van der Waals surface area contributed by atoms with Gasteiger partial charge >= 0.3 is 0 Å². The van der Waals surface area contributed by atoms with E-state index in [0.29, 0.717) is 11.9 Å².